The van der Waals surface area contributed by atoms with Gasteiger partial charge in [-0.2, -0.15) is 0 Å². The molecule has 28 heavy (non-hydrogen) atoms. The second-order valence-electron chi connectivity index (χ2n) is 6.30. The van der Waals surface area contributed by atoms with Crippen LogP contribution in [0.5, 0.6) is 0 Å². The van der Waals surface area contributed by atoms with Crippen molar-refractivity contribution in [3.63, 3.8) is 0 Å². The number of carbonyl (C=O) groups excluding carboxylic acids is 2. The van der Waals surface area contributed by atoms with Crippen LogP contribution in [0.4, 0.5) is 0 Å². The van der Waals surface area contributed by atoms with Crippen LogP contribution in [0.25, 0.3) is 0 Å². The van der Waals surface area contributed by atoms with Crippen LogP contribution >= 0.6 is 46.4 Å². The van der Waals surface area contributed by atoms with Crippen LogP contribution in [0, 0.1) is 0 Å². The van der Waals surface area contributed by atoms with Gasteiger partial charge >= 0.3 is 11.9 Å². The topological polar surface area (TPSA) is 52.6 Å². The Hall–Kier alpha value is -1.46. The molecule has 4 nitrogen and oxygen atoms in total. The lowest BCUT2D eigenvalue weighted by Gasteiger charge is -2.24. The van der Waals surface area contributed by atoms with Crippen molar-refractivity contribution in [3.8, 4) is 0 Å². The number of rotatable bonds is 7. The van der Waals surface area contributed by atoms with Gasteiger partial charge < -0.3 is 9.47 Å². The standard InChI is InChI=1S/C20H18Cl4O4/c1-19(23,13-3-7-15(21)8-4-13)27-17(25)11-12-18(26)28-20(2,24)14-5-9-16(22)10-6-14/h3-10H,11-12H2,1-2H3/t19-,20-/m1/s1. The van der Waals surface area contributed by atoms with Crippen molar-refractivity contribution in [1.29, 1.82) is 0 Å². The minimum absolute atomic E-state index is 0.206. The second kappa shape index (κ2) is 9.36. The summed E-state index contributed by atoms with van der Waals surface area (Å²) in [6.07, 6.45) is -0.412. The predicted molar refractivity (Wildman–Crippen MR) is 111 cm³/mol. The van der Waals surface area contributed by atoms with Crippen LogP contribution < -0.4 is 0 Å². The summed E-state index contributed by atoms with van der Waals surface area (Å²) in [6, 6.07) is 13.2. The Labute approximate surface area is 183 Å². The Morgan fingerprint density at radius 2 is 1.00 bits per heavy atom. The SMILES string of the molecule is C[C@@](Cl)(OC(=O)CCC(=O)O[C@@](C)(Cl)c1ccc(Cl)cc1)c1ccc(Cl)cc1. The van der Waals surface area contributed by atoms with Crippen molar-refractivity contribution in [3.05, 3.63) is 69.7 Å². The van der Waals surface area contributed by atoms with E-state index in [4.69, 9.17) is 55.9 Å². The van der Waals surface area contributed by atoms with Gasteiger partial charge in [0.1, 0.15) is 0 Å². The smallest absolute Gasteiger partial charge is 0.308 e. The zero-order chi connectivity index (χ0) is 20.9. The highest BCUT2D eigenvalue weighted by molar-refractivity contribution is 6.31. The summed E-state index contributed by atoms with van der Waals surface area (Å²) in [7, 11) is 0. The van der Waals surface area contributed by atoms with Gasteiger partial charge in [-0.25, -0.2) is 0 Å². The van der Waals surface area contributed by atoms with Crippen LogP contribution in [0.15, 0.2) is 48.5 Å². The van der Waals surface area contributed by atoms with Gasteiger partial charge in [0.05, 0.1) is 12.8 Å². The molecule has 2 aromatic rings. The number of ether oxygens (including phenoxy) is 2. The lowest BCUT2D eigenvalue weighted by atomic mass is 10.1. The highest BCUT2D eigenvalue weighted by Crippen LogP contribution is 2.33. The molecule has 0 N–H and O–H groups in total. The highest BCUT2D eigenvalue weighted by atomic mass is 35.5. The molecule has 150 valence electrons. The number of esters is 2. The summed E-state index contributed by atoms with van der Waals surface area (Å²) in [6.45, 7) is 3.06. The van der Waals surface area contributed by atoms with E-state index in [1.807, 2.05) is 0 Å². The number of halogens is 4. The third-order valence-electron chi connectivity index (χ3n) is 3.86. The van der Waals surface area contributed by atoms with E-state index >= 15 is 0 Å². The van der Waals surface area contributed by atoms with Crippen LogP contribution in [0.3, 0.4) is 0 Å². The van der Waals surface area contributed by atoms with E-state index < -0.39 is 22.1 Å². The molecule has 0 spiro atoms. The monoisotopic (exact) mass is 462 g/mol. The lowest BCUT2D eigenvalue weighted by Crippen LogP contribution is -2.25. The van der Waals surface area contributed by atoms with Crippen molar-refractivity contribution < 1.29 is 19.1 Å². The number of alkyl halides is 2. The van der Waals surface area contributed by atoms with Gasteiger partial charge in [-0.15, -0.1) is 0 Å². The summed E-state index contributed by atoms with van der Waals surface area (Å²) in [5.74, 6) is -1.29. The molecule has 0 unspecified atom stereocenters. The molecule has 0 aliphatic rings. The fourth-order valence-corrected chi connectivity index (χ4v) is 3.02. The number of hydrogen-bond acceptors (Lipinski definition) is 4. The molecule has 0 saturated heterocycles. The number of hydrogen-bond donors (Lipinski definition) is 0. The Morgan fingerprint density at radius 1 is 0.714 bits per heavy atom. The molecular formula is C20H18Cl4O4. The molecule has 0 saturated carbocycles. The lowest BCUT2D eigenvalue weighted by molar-refractivity contribution is -0.159. The Kier molecular flexibility index (Phi) is 7.63. The van der Waals surface area contributed by atoms with Crippen LogP contribution in [-0.2, 0) is 29.2 Å². The number of carbonyl (C=O) groups is 2. The first kappa shape index (κ1) is 22.8. The average molecular weight is 464 g/mol. The van der Waals surface area contributed by atoms with Crippen molar-refractivity contribution in [2.24, 2.45) is 0 Å². The van der Waals surface area contributed by atoms with Gasteiger partial charge in [-0.3, -0.25) is 9.59 Å². The Bertz CT molecular complexity index is 759. The molecule has 0 heterocycles. The minimum Gasteiger partial charge on any atom is -0.439 e. The zero-order valence-electron chi connectivity index (χ0n) is 15.2. The third kappa shape index (κ3) is 6.56. The maximum Gasteiger partial charge on any atom is 0.308 e. The maximum atomic E-state index is 12.1. The van der Waals surface area contributed by atoms with Crippen molar-refractivity contribution in [2.75, 3.05) is 0 Å². The molecule has 2 atom stereocenters. The maximum absolute atomic E-state index is 12.1. The van der Waals surface area contributed by atoms with Crippen LogP contribution in [-0.4, -0.2) is 11.9 Å². The normalized spacial score (nSPS) is 15.2. The second-order valence-corrected chi connectivity index (χ2v) is 8.61. The van der Waals surface area contributed by atoms with Crippen molar-refractivity contribution in [2.45, 2.75) is 36.8 Å². The molecule has 0 amide bonds. The molecule has 2 rings (SSSR count). The van der Waals surface area contributed by atoms with E-state index in [1.165, 1.54) is 13.8 Å². The zero-order valence-corrected chi connectivity index (χ0v) is 18.2. The third-order valence-corrected chi connectivity index (χ3v) is 4.96. The summed E-state index contributed by atoms with van der Waals surface area (Å²) < 4.78 is 10.5. The van der Waals surface area contributed by atoms with Gasteiger partial charge in [0, 0.05) is 21.2 Å². The molecular weight excluding hydrogens is 446 g/mol. The fourth-order valence-electron chi connectivity index (χ4n) is 2.35. The van der Waals surface area contributed by atoms with Gasteiger partial charge in [-0.1, -0.05) is 70.7 Å². The number of benzene rings is 2. The van der Waals surface area contributed by atoms with Gasteiger partial charge in [0.25, 0.3) is 0 Å². The summed E-state index contributed by atoms with van der Waals surface area (Å²) in [5.41, 5.74) is 1.12. The molecule has 0 fully saturated rings. The highest BCUT2D eigenvalue weighted by Gasteiger charge is 2.30. The summed E-state index contributed by atoms with van der Waals surface area (Å²) >= 11 is 24.3. The average Bonchev–Trinajstić information content (AvgIpc) is 2.60. The van der Waals surface area contributed by atoms with Gasteiger partial charge in [0.2, 0.25) is 10.1 Å². The van der Waals surface area contributed by atoms with Crippen molar-refractivity contribution in [1.82, 2.24) is 0 Å². The minimum atomic E-state index is -1.38. The first-order chi connectivity index (χ1) is 13.0. The molecule has 0 aliphatic heterocycles. The van der Waals surface area contributed by atoms with E-state index in [0.29, 0.717) is 21.2 Å². The van der Waals surface area contributed by atoms with Gasteiger partial charge in [0.15, 0.2) is 0 Å². The Balaban J connectivity index is 1.88. The molecule has 8 heteroatoms. The van der Waals surface area contributed by atoms with Crippen LogP contribution in [0.1, 0.15) is 37.8 Å². The summed E-state index contributed by atoms with van der Waals surface area (Å²) in [5, 5.41) is -1.68. The van der Waals surface area contributed by atoms with E-state index in [2.05, 4.69) is 0 Å². The molecule has 0 bridgehead atoms. The molecule has 0 aromatic heterocycles. The Morgan fingerprint density at radius 3 is 1.29 bits per heavy atom. The fraction of sp³-hybridized carbons (Fsp3) is 0.300. The predicted octanol–water partition coefficient (Wildman–Crippen LogP) is 6.38. The molecule has 0 aliphatic carbocycles. The molecule has 2 aromatic carbocycles. The van der Waals surface area contributed by atoms with E-state index in [0.717, 1.165) is 0 Å². The van der Waals surface area contributed by atoms with Crippen molar-refractivity contribution >= 4 is 58.3 Å². The molecule has 0 radical (unpaired) electrons. The quantitative estimate of drug-likeness (QED) is 0.353. The van der Waals surface area contributed by atoms with E-state index in [-0.39, 0.29) is 12.8 Å². The van der Waals surface area contributed by atoms with E-state index in [9.17, 15) is 9.59 Å². The van der Waals surface area contributed by atoms with Gasteiger partial charge in [-0.05, 0) is 38.1 Å². The van der Waals surface area contributed by atoms with E-state index in [1.54, 1.807) is 48.5 Å². The first-order valence-electron chi connectivity index (χ1n) is 8.33. The first-order valence-corrected chi connectivity index (χ1v) is 9.84. The summed E-state index contributed by atoms with van der Waals surface area (Å²) in [4.78, 5) is 24.2. The van der Waals surface area contributed by atoms with Crippen LogP contribution in [0.2, 0.25) is 10.0 Å². The largest absolute Gasteiger partial charge is 0.439 e.